The van der Waals surface area contributed by atoms with Crippen LogP contribution in [0.5, 0.6) is 5.75 Å². The standard InChI is InChI=1S/C21H17N3O2/c1-23(2)11-15-17(25)8-7-16-18(15)14-9-10-22-19-12-5-3-4-6-13(12)21(26)24(16)20(14)19/h3-10,25H,11H2,1-2H3/p+1. The largest absolute Gasteiger partial charge is 0.507 e. The maximum atomic E-state index is 13.3. The Hall–Kier alpha value is -3.18. The van der Waals surface area contributed by atoms with E-state index in [9.17, 15) is 9.90 Å². The van der Waals surface area contributed by atoms with Crippen LogP contribution in [0.15, 0.2) is 53.5 Å². The van der Waals surface area contributed by atoms with Gasteiger partial charge in [0.05, 0.1) is 36.2 Å². The van der Waals surface area contributed by atoms with Gasteiger partial charge in [-0.05, 0) is 24.3 Å². The lowest BCUT2D eigenvalue weighted by Crippen LogP contribution is -3.04. The van der Waals surface area contributed by atoms with Gasteiger partial charge in [0.1, 0.15) is 12.3 Å². The van der Waals surface area contributed by atoms with Gasteiger partial charge in [-0.25, -0.2) is 0 Å². The van der Waals surface area contributed by atoms with Crippen molar-refractivity contribution >= 4 is 38.1 Å². The minimum Gasteiger partial charge on any atom is -0.507 e. The summed E-state index contributed by atoms with van der Waals surface area (Å²) >= 11 is 0. The number of phenols is 1. The summed E-state index contributed by atoms with van der Waals surface area (Å²) in [7, 11) is 4.09. The van der Waals surface area contributed by atoms with Gasteiger partial charge in [-0.3, -0.25) is 14.2 Å². The molecule has 3 aromatic heterocycles. The van der Waals surface area contributed by atoms with Crippen LogP contribution in [-0.2, 0) is 6.54 Å². The molecule has 0 unspecified atom stereocenters. The van der Waals surface area contributed by atoms with Crippen molar-refractivity contribution in [3.05, 3.63) is 64.6 Å². The third kappa shape index (κ3) is 1.83. The summed E-state index contributed by atoms with van der Waals surface area (Å²) in [5.41, 5.74) is 3.28. The number of fused-ring (bicyclic) bond motifs is 5. The average molecular weight is 344 g/mol. The Balaban J connectivity index is 2.14. The Morgan fingerprint density at radius 3 is 2.58 bits per heavy atom. The molecular formula is C21H18N3O2+. The first-order valence-electron chi connectivity index (χ1n) is 8.65. The lowest BCUT2D eigenvalue weighted by molar-refractivity contribution is -0.872. The van der Waals surface area contributed by atoms with Gasteiger partial charge in [-0.1, -0.05) is 18.2 Å². The number of benzene rings is 2. The van der Waals surface area contributed by atoms with Gasteiger partial charge in [0, 0.05) is 27.7 Å². The van der Waals surface area contributed by atoms with Gasteiger partial charge in [0.25, 0.3) is 5.56 Å². The lowest BCUT2D eigenvalue weighted by Gasteiger charge is -2.10. The number of phenolic OH excluding ortho intramolecular Hbond substituents is 1. The smallest absolute Gasteiger partial charge is 0.263 e. The number of pyridine rings is 2. The van der Waals surface area contributed by atoms with Crippen LogP contribution in [0, 0.1) is 0 Å². The van der Waals surface area contributed by atoms with Crippen LogP contribution in [0.1, 0.15) is 5.56 Å². The van der Waals surface area contributed by atoms with Gasteiger partial charge in [0.2, 0.25) is 0 Å². The molecule has 0 spiro atoms. The molecule has 5 aromatic rings. The quantitative estimate of drug-likeness (QED) is 0.481. The number of aromatic hydroxyl groups is 1. The van der Waals surface area contributed by atoms with E-state index in [0.717, 1.165) is 38.3 Å². The van der Waals surface area contributed by atoms with E-state index in [0.29, 0.717) is 11.9 Å². The monoisotopic (exact) mass is 344 g/mol. The zero-order valence-electron chi connectivity index (χ0n) is 14.6. The SMILES string of the molecule is C[NH+](C)Cc1c(O)ccc2c1c1ccnc3c4ccccc4c(=O)n2c13. The number of rotatable bonds is 2. The summed E-state index contributed by atoms with van der Waals surface area (Å²) in [5, 5.41) is 13.9. The number of nitrogens with zero attached hydrogens (tertiary/aromatic N) is 2. The van der Waals surface area contributed by atoms with E-state index in [2.05, 4.69) is 4.98 Å². The minimum atomic E-state index is -0.0464. The number of hydrogen-bond donors (Lipinski definition) is 2. The van der Waals surface area contributed by atoms with Gasteiger partial charge in [-0.15, -0.1) is 0 Å². The fourth-order valence-electron chi connectivity index (χ4n) is 4.05. The maximum absolute atomic E-state index is 13.3. The van der Waals surface area contributed by atoms with Gasteiger partial charge >= 0.3 is 0 Å². The minimum absolute atomic E-state index is 0.0464. The second kappa shape index (κ2) is 5.16. The van der Waals surface area contributed by atoms with Gasteiger partial charge in [0.15, 0.2) is 0 Å². The zero-order valence-corrected chi connectivity index (χ0v) is 14.6. The van der Waals surface area contributed by atoms with Crippen molar-refractivity contribution in [1.82, 2.24) is 9.38 Å². The molecule has 0 saturated carbocycles. The van der Waals surface area contributed by atoms with E-state index in [1.54, 1.807) is 16.7 Å². The first kappa shape index (κ1) is 15.1. The molecule has 5 nitrogen and oxygen atoms in total. The molecular weight excluding hydrogens is 326 g/mol. The molecule has 0 radical (unpaired) electrons. The fourth-order valence-corrected chi connectivity index (χ4v) is 4.05. The van der Waals surface area contributed by atoms with Crippen molar-refractivity contribution in [3.63, 3.8) is 0 Å². The summed E-state index contributed by atoms with van der Waals surface area (Å²) in [6.45, 7) is 0.668. The number of aromatic nitrogens is 2. The molecule has 3 heterocycles. The van der Waals surface area contributed by atoms with E-state index in [1.165, 1.54) is 4.90 Å². The molecule has 0 fully saturated rings. The molecule has 26 heavy (non-hydrogen) atoms. The van der Waals surface area contributed by atoms with Crippen LogP contribution in [-0.4, -0.2) is 28.6 Å². The molecule has 5 rings (SSSR count). The third-order valence-electron chi connectivity index (χ3n) is 5.07. The van der Waals surface area contributed by atoms with Crippen LogP contribution >= 0.6 is 0 Å². The predicted molar refractivity (Wildman–Crippen MR) is 103 cm³/mol. The van der Waals surface area contributed by atoms with Crippen molar-refractivity contribution in [2.75, 3.05) is 14.1 Å². The van der Waals surface area contributed by atoms with E-state index in [-0.39, 0.29) is 11.3 Å². The van der Waals surface area contributed by atoms with Crippen LogP contribution in [0.4, 0.5) is 0 Å². The topological polar surface area (TPSA) is 59.0 Å². The molecule has 0 aliphatic rings. The molecule has 0 atom stereocenters. The highest BCUT2D eigenvalue weighted by Crippen LogP contribution is 2.37. The molecule has 0 saturated heterocycles. The molecule has 0 amide bonds. The summed E-state index contributed by atoms with van der Waals surface area (Å²) in [6, 6.07) is 13.0. The van der Waals surface area contributed by atoms with E-state index < -0.39 is 0 Å². The van der Waals surface area contributed by atoms with Crippen molar-refractivity contribution in [1.29, 1.82) is 0 Å². The maximum Gasteiger partial charge on any atom is 0.263 e. The first-order valence-corrected chi connectivity index (χ1v) is 8.65. The fraction of sp³-hybridized carbons (Fsp3) is 0.143. The Morgan fingerprint density at radius 2 is 1.81 bits per heavy atom. The van der Waals surface area contributed by atoms with Crippen molar-refractivity contribution in [2.24, 2.45) is 0 Å². The predicted octanol–water partition coefficient (Wildman–Crippen LogP) is 1.94. The normalized spacial score (nSPS) is 12.3. The third-order valence-corrected chi connectivity index (χ3v) is 5.07. The van der Waals surface area contributed by atoms with Crippen LogP contribution < -0.4 is 10.5 Å². The summed E-state index contributed by atoms with van der Waals surface area (Å²) < 4.78 is 1.75. The summed E-state index contributed by atoms with van der Waals surface area (Å²) in [6.07, 6.45) is 1.78. The number of hydrogen-bond acceptors (Lipinski definition) is 3. The van der Waals surface area contributed by atoms with E-state index in [1.807, 2.05) is 50.5 Å². The molecule has 128 valence electrons. The highest BCUT2D eigenvalue weighted by molar-refractivity contribution is 6.19. The van der Waals surface area contributed by atoms with E-state index in [4.69, 9.17) is 0 Å². The van der Waals surface area contributed by atoms with Crippen LogP contribution in [0.2, 0.25) is 0 Å². The number of nitrogens with one attached hydrogen (secondary N) is 1. The van der Waals surface area contributed by atoms with Gasteiger partial charge < -0.3 is 10.0 Å². The van der Waals surface area contributed by atoms with Crippen LogP contribution in [0.25, 0.3) is 38.1 Å². The zero-order chi connectivity index (χ0) is 18.0. The summed E-state index contributed by atoms with van der Waals surface area (Å²) in [4.78, 5) is 19.0. The van der Waals surface area contributed by atoms with Crippen molar-refractivity contribution in [2.45, 2.75) is 6.54 Å². The molecule has 0 aliphatic carbocycles. The van der Waals surface area contributed by atoms with E-state index >= 15 is 0 Å². The second-order valence-corrected chi connectivity index (χ2v) is 7.08. The van der Waals surface area contributed by atoms with Crippen molar-refractivity contribution < 1.29 is 10.0 Å². The molecule has 0 bridgehead atoms. The molecule has 2 aromatic carbocycles. The Morgan fingerprint density at radius 1 is 1.04 bits per heavy atom. The Kier molecular flexibility index (Phi) is 3.00. The highest BCUT2D eigenvalue weighted by Gasteiger charge is 2.21. The molecule has 5 heteroatoms. The lowest BCUT2D eigenvalue weighted by atomic mass is 10.0. The second-order valence-electron chi connectivity index (χ2n) is 7.08. The summed E-state index contributed by atoms with van der Waals surface area (Å²) in [5.74, 6) is 0.264. The highest BCUT2D eigenvalue weighted by atomic mass is 16.3. The number of quaternary nitrogens is 1. The average Bonchev–Trinajstić information content (AvgIpc) is 2.97. The molecule has 0 aliphatic heterocycles. The Labute approximate surface area is 149 Å². The Bertz CT molecular complexity index is 1370. The molecule has 2 N–H and O–H groups in total. The van der Waals surface area contributed by atoms with Crippen LogP contribution in [0.3, 0.4) is 0 Å². The first-order chi connectivity index (χ1) is 12.6. The van der Waals surface area contributed by atoms with Crippen molar-refractivity contribution in [3.8, 4) is 5.75 Å². The van der Waals surface area contributed by atoms with Gasteiger partial charge in [-0.2, -0.15) is 0 Å².